The fourth-order valence-electron chi connectivity index (χ4n) is 28.3. The topological polar surface area (TPSA) is 0 Å². The summed E-state index contributed by atoms with van der Waals surface area (Å²) < 4.78 is 0. The molecule has 0 saturated heterocycles. The predicted molar refractivity (Wildman–Crippen MR) is 459 cm³/mol. The second-order valence-corrected chi connectivity index (χ2v) is 65.5. The summed E-state index contributed by atoms with van der Waals surface area (Å²) in [6.07, 6.45) is 52.4. The van der Waals surface area contributed by atoms with Crippen LogP contribution in [0.5, 0.6) is 0 Å². The minimum atomic E-state index is -1.62. The molecule has 104 heavy (non-hydrogen) atoms. The maximum Gasteiger partial charge on any atom is 1.00 e. The summed E-state index contributed by atoms with van der Waals surface area (Å²) in [4.78, 5) is 0. The molecule has 0 radical (unpaired) electrons. The van der Waals surface area contributed by atoms with Crippen molar-refractivity contribution < 1.29 is 58.6 Å². The third-order valence-corrected chi connectivity index (χ3v) is 50.1. The molecule has 21 atom stereocenters. The Labute approximate surface area is 689 Å². The number of hydrogen-bond acceptors (Lipinski definition) is 0. The fourth-order valence-corrected chi connectivity index (χ4v) is 44.5. The number of rotatable bonds is 11. The summed E-state index contributed by atoms with van der Waals surface area (Å²) in [5.74, 6) is 18.9. The number of hydrogen-bond donors (Lipinski definition) is 0. The van der Waals surface area contributed by atoms with Crippen LogP contribution in [0.3, 0.4) is 0 Å². The van der Waals surface area contributed by atoms with Crippen LogP contribution in [0.15, 0.2) is 78.9 Å². The average Bonchev–Trinajstić information content (AvgIpc) is 1.56. The number of fused-ring (bicyclic) bond motifs is 10. The maximum absolute atomic E-state index is 4.93. The fraction of sp³-hybridized carbons (Fsp3) is 0.726. The third-order valence-electron chi connectivity index (χ3n) is 33.2. The Hall–Kier alpha value is 0.405. The van der Waals surface area contributed by atoms with Crippen molar-refractivity contribution in [2.45, 2.75) is 326 Å². The molecular weight excluding hydrogens is 1430 g/mol. The Bertz CT molecular complexity index is 3280. The van der Waals surface area contributed by atoms with Gasteiger partial charge in [-0.1, -0.05) is 302 Å². The van der Waals surface area contributed by atoms with Crippen LogP contribution >= 0.6 is 17.0 Å². The van der Waals surface area contributed by atoms with Crippen LogP contribution in [0.1, 0.15) is 277 Å². The maximum atomic E-state index is 4.93. The molecule has 9 heteroatoms. The standard InChI is InChI=1S/2C26H46Si.C26H30Si.C15H22Si.2CH3.2ClH.2Li.Zr/c3*1-17(2)23-16-26(22-11-6-5-10-21(22)23)27(3,4)25-13-12-20-14-18-8-7-9-19(18)15-24(20)25;1-11(2)14-10-15(16(3,4)5)13-9-7-6-8-12(13)14;;;;;;;/h2*17-26H,5-16H2,1-4H3;5-6,10-17,25-26H,7-9H2,1-4H3;6-11,15H,1-5H3;2*1H3;2*1H;;;/q;;;;2*-1;;;2*+1;+4/p-2. The van der Waals surface area contributed by atoms with Crippen molar-refractivity contribution in [3.05, 3.63) is 138 Å². The zero-order valence-corrected chi connectivity index (χ0v) is 78.8. The van der Waals surface area contributed by atoms with Crippen molar-refractivity contribution >= 4 is 66.5 Å². The normalized spacial score (nSPS) is 35.0. The molecule has 17 rings (SSSR count). The van der Waals surface area contributed by atoms with Gasteiger partial charge in [-0.3, -0.25) is 0 Å². The summed E-state index contributed by atoms with van der Waals surface area (Å²) >= 11 is -0.826. The van der Waals surface area contributed by atoms with Gasteiger partial charge in [-0.05, 0) is 272 Å². The van der Waals surface area contributed by atoms with E-state index in [9.17, 15) is 0 Å². The molecule has 21 unspecified atom stereocenters. The quantitative estimate of drug-likeness (QED) is 0.133. The molecule has 3 aromatic rings. The number of aryl methyl sites for hydroxylation is 2. The van der Waals surface area contributed by atoms with Gasteiger partial charge in [0.05, 0.1) is 32.3 Å². The Morgan fingerprint density at radius 3 is 1.19 bits per heavy atom. The van der Waals surface area contributed by atoms with Gasteiger partial charge in [-0.2, -0.15) is 0 Å². The van der Waals surface area contributed by atoms with E-state index in [2.05, 4.69) is 199 Å². The molecule has 14 aliphatic carbocycles. The zero-order chi connectivity index (χ0) is 70.9. The summed E-state index contributed by atoms with van der Waals surface area (Å²) in [5.41, 5.74) is 22.3. The first-order valence-electron chi connectivity index (χ1n) is 43.1. The van der Waals surface area contributed by atoms with Crippen LogP contribution in [0.25, 0.3) is 17.2 Å². The van der Waals surface area contributed by atoms with Crippen LogP contribution in [-0.4, -0.2) is 32.3 Å². The smallest absolute Gasteiger partial charge is 1.00 e. The molecular formula is C95H150Cl2Li2Si4Zr+2. The minimum Gasteiger partial charge on any atom is 1.00 e. The zero-order valence-electron chi connectivity index (χ0n) is 70.9. The molecule has 0 amide bonds. The molecule has 10 saturated carbocycles. The molecule has 0 nitrogen and oxygen atoms in total. The second kappa shape index (κ2) is 36.9. The van der Waals surface area contributed by atoms with Crippen LogP contribution < -0.4 is 37.7 Å². The third kappa shape index (κ3) is 17.8. The molecule has 10 fully saturated rings. The van der Waals surface area contributed by atoms with Crippen molar-refractivity contribution in [3.8, 4) is 0 Å². The van der Waals surface area contributed by atoms with Crippen molar-refractivity contribution in [1.82, 2.24) is 0 Å². The molecule has 564 valence electrons. The summed E-state index contributed by atoms with van der Waals surface area (Å²) in [5, 5.41) is 0. The second-order valence-electron chi connectivity index (χ2n) is 41.3. The first-order chi connectivity index (χ1) is 47.7. The Balaban J connectivity index is 0.000000159. The molecule has 0 spiro atoms. The van der Waals surface area contributed by atoms with Gasteiger partial charge >= 0.3 is 75.6 Å². The van der Waals surface area contributed by atoms with Gasteiger partial charge in [-0.25, -0.2) is 0 Å². The average molecular weight is 1580 g/mol. The minimum absolute atomic E-state index is 0. The van der Waals surface area contributed by atoms with Crippen LogP contribution in [-0.2, 0) is 33.7 Å². The molecule has 0 heterocycles. The van der Waals surface area contributed by atoms with E-state index in [4.69, 9.17) is 17.0 Å². The summed E-state index contributed by atoms with van der Waals surface area (Å²) in [6, 6.07) is 23.2. The van der Waals surface area contributed by atoms with Gasteiger partial charge in [0.25, 0.3) is 0 Å². The largest absolute Gasteiger partial charge is 1.00 e. The van der Waals surface area contributed by atoms with Crippen LogP contribution in [0, 0.1) is 121 Å². The Kier molecular flexibility index (Phi) is 31.4. The van der Waals surface area contributed by atoms with Crippen LogP contribution in [0.2, 0.25) is 81.1 Å². The van der Waals surface area contributed by atoms with Gasteiger partial charge in [0.1, 0.15) is 0 Å². The first kappa shape index (κ1) is 88.4. The molecule has 0 bridgehead atoms. The van der Waals surface area contributed by atoms with E-state index >= 15 is 0 Å². The monoisotopic (exact) mass is 1580 g/mol. The van der Waals surface area contributed by atoms with E-state index in [-0.39, 0.29) is 52.6 Å². The van der Waals surface area contributed by atoms with E-state index in [1.165, 1.54) is 71.0 Å². The molecule has 0 aromatic heterocycles. The number of allylic oxidation sites excluding steroid dienone is 5. The van der Waals surface area contributed by atoms with Gasteiger partial charge in [-0.15, -0.1) is 0 Å². The molecule has 0 N–H and O–H groups in total. The van der Waals surface area contributed by atoms with Crippen molar-refractivity contribution in [2.24, 2.45) is 107 Å². The van der Waals surface area contributed by atoms with Gasteiger partial charge in [0.2, 0.25) is 0 Å². The Morgan fingerprint density at radius 1 is 0.375 bits per heavy atom. The van der Waals surface area contributed by atoms with Crippen molar-refractivity contribution in [2.75, 3.05) is 0 Å². The van der Waals surface area contributed by atoms with E-state index < -0.39 is 53.1 Å². The van der Waals surface area contributed by atoms with E-state index in [0.29, 0.717) is 28.5 Å². The number of halogens is 2. The van der Waals surface area contributed by atoms with Crippen molar-refractivity contribution in [1.29, 1.82) is 0 Å². The van der Waals surface area contributed by atoms with Gasteiger partial charge in [0.15, 0.2) is 0 Å². The van der Waals surface area contributed by atoms with Crippen molar-refractivity contribution in [3.63, 3.8) is 0 Å². The van der Waals surface area contributed by atoms with Gasteiger partial charge in [0, 0.05) is 0 Å². The van der Waals surface area contributed by atoms with E-state index in [0.717, 1.165) is 94.7 Å². The molecule has 3 aromatic carbocycles. The summed E-state index contributed by atoms with van der Waals surface area (Å²) in [7, 11) is 4.73. The van der Waals surface area contributed by atoms with E-state index in [1.54, 1.807) is 180 Å². The molecule has 14 aliphatic rings. The van der Waals surface area contributed by atoms with Gasteiger partial charge < -0.3 is 14.9 Å². The van der Waals surface area contributed by atoms with E-state index in [1.807, 2.05) is 0 Å². The number of benzene rings is 3. The first-order valence-corrected chi connectivity index (χ1v) is 62.5. The molecule has 0 aliphatic heterocycles. The summed E-state index contributed by atoms with van der Waals surface area (Å²) in [6.45, 7) is 43.6. The Morgan fingerprint density at radius 2 is 0.769 bits per heavy atom. The van der Waals surface area contributed by atoms with Crippen LogP contribution in [0.4, 0.5) is 0 Å². The SMILES string of the molecule is CC(C)C1=CC([Si](C)(C)C)c2ccccc21.CC(C)C1=CC([Si](C)(C)C2C=Cc3cc4c(cc32)CCC4)c2ccccc21.CC(C)C1CC([Si](C)(C)C2CCC3CC4CCCC4CC32)C2CCCCC12.CC(C)C1CC([Si](C)(C)C2CCC3CC4CCCC4CC32)C2CCCCC12.[CH3-].[CH3-].[Cl][Zr+2][Cl].[Li+].[Li+]. The predicted octanol–water partition coefficient (Wildman–Crippen LogP) is 24.2.